The number of nitrogens with one attached hydrogen (secondary N) is 2. The van der Waals surface area contributed by atoms with Crippen molar-refractivity contribution in [3.8, 4) is 0 Å². The SMILES string of the molecule is Nc1cn(S(=O)(=O)c2ccc3c(c2)C(=O)N(C2CCC(=O)NC2=O)C3)c(=O)[nH]c1=O. The quantitative estimate of drug-likeness (QED) is 0.470. The lowest BCUT2D eigenvalue weighted by molar-refractivity contribution is -0.136. The molecule has 13 heteroatoms. The van der Waals surface area contributed by atoms with Gasteiger partial charge in [-0.15, -0.1) is 0 Å². The van der Waals surface area contributed by atoms with Crippen LogP contribution in [-0.4, -0.2) is 46.0 Å². The molecular weight excluding hydrogens is 418 g/mol. The van der Waals surface area contributed by atoms with Crippen LogP contribution >= 0.6 is 0 Å². The van der Waals surface area contributed by atoms with Crippen molar-refractivity contribution < 1.29 is 22.8 Å². The van der Waals surface area contributed by atoms with E-state index in [0.29, 0.717) is 11.8 Å². The fraction of sp³-hybridized carbons (Fsp3) is 0.235. The van der Waals surface area contributed by atoms with Gasteiger partial charge < -0.3 is 10.6 Å². The molecule has 0 aliphatic carbocycles. The normalized spacial score (nSPS) is 19.0. The number of benzene rings is 1. The molecule has 30 heavy (non-hydrogen) atoms. The van der Waals surface area contributed by atoms with E-state index in [4.69, 9.17) is 5.73 Å². The van der Waals surface area contributed by atoms with Crippen molar-refractivity contribution in [3.63, 3.8) is 0 Å². The molecule has 1 fully saturated rings. The van der Waals surface area contributed by atoms with Crippen LogP contribution in [0.5, 0.6) is 0 Å². The zero-order chi connectivity index (χ0) is 21.8. The maximum atomic E-state index is 12.9. The third kappa shape index (κ3) is 2.99. The number of rotatable bonds is 3. The van der Waals surface area contributed by atoms with Gasteiger partial charge in [0, 0.05) is 18.5 Å². The summed E-state index contributed by atoms with van der Waals surface area (Å²) in [5.41, 5.74) is 3.37. The summed E-state index contributed by atoms with van der Waals surface area (Å²) in [7, 11) is -4.45. The zero-order valence-corrected chi connectivity index (χ0v) is 16.1. The number of aromatic nitrogens is 2. The number of imide groups is 1. The first-order valence-corrected chi connectivity index (χ1v) is 10.2. The molecule has 156 valence electrons. The molecule has 1 atom stereocenters. The monoisotopic (exact) mass is 433 g/mol. The summed E-state index contributed by atoms with van der Waals surface area (Å²) >= 11 is 0. The molecule has 3 heterocycles. The summed E-state index contributed by atoms with van der Waals surface area (Å²) in [6.45, 7) is 0.0757. The van der Waals surface area contributed by atoms with Crippen LogP contribution in [0.4, 0.5) is 5.69 Å². The summed E-state index contributed by atoms with van der Waals surface area (Å²) < 4.78 is 26.0. The van der Waals surface area contributed by atoms with Crippen LogP contribution in [0.15, 0.2) is 38.9 Å². The number of hydrogen-bond acceptors (Lipinski definition) is 8. The zero-order valence-electron chi connectivity index (χ0n) is 15.2. The van der Waals surface area contributed by atoms with E-state index in [0.717, 1.165) is 6.07 Å². The van der Waals surface area contributed by atoms with E-state index in [2.05, 4.69) is 5.32 Å². The number of anilines is 1. The van der Waals surface area contributed by atoms with Crippen LogP contribution < -0.4 is 22.3 Å². The minimum Gasteiger partial charge on any atom is -0.393 e. The van der Waals surface area contributed by atoms with E-state index in [1.165, 1.54) is 17.0 Å². The van der Waals surface area contributed by atoms with Crippen LogP contribution in [0.3, 0.4) is 0 Å². The Morgan fingerprint density at radius 1 is 1.10 bits per heavy atom. The molecule has 2 aliphatic heterocycles. The molecule has 2 aromatic rings. The molecule has 1 aromatic heterocycles. The minimum atomic E-state index is -4.45. The standard InChI is InChI=1S/C17H15N5O7S/c18-11-7-22(17(27)20-14(11)24)30(28,29)9-2-1-8-6-21(16(26)10(8)5-9)12-3-4-13(23)19-15(12)25/h1-2,5,7,12H,3-4,6,18H2,(H,19,23,25)(H,20,24,27). The van der Waals surface area contributed by atoms with E-state index >= 15 is 0 Å². The van der Waals surface area contributed by atoms with E-state index in [1.54, 1.807) is 4.98 Å². The number of fused-ring (bicyclic) bond motifs is 1. The number of hydrogen-bond donors (Lipinski definition) is 3. The van der Waals surface area contributed by atoms with Crippen LogP contribution in [0.2, 0.25) is 0 Å². The summed E-state index contributed by atoms with van der Waals surface area (Å²) in [6.07, 6.45) is 0.954. The number of aromatic amines is 1. The average molecular weight is 433 g/mol. The lowest BCUT2D eigenvalue weighted by atomic mass is 10.0. The van der Waals surface area contributed by atoms with Crippen molar-refractivity contribution in [1.29, 1.82) is 0 Å². The Kier molecular flexibility index (Phi) is 4.34. The third-order valence-corrected chi connectivity index (χ3v) is 6.63. The molecule has 0 saturated carbocycles. The third-order valence-electron chi connectivity index (χ3n) is 5.00. The van der Waals surface area contributed by atoms with Gasteiger partial charge in [0.05, 0.1) is 11.1 Å². The number of carbonyl (C=O) groups is 3. The van der Waals surface area contributed by atoms with Gasteiger partial charge in [-0.05, 0) is 24.1 Å². The predicted octanol–water partition coefficient (Wildman–Crippen LogP) is -1.88. The molecule has 1 unspecified atom stereocenters. The highest BCUT2D eigenvalue weighted by Crippen LogP contribution is 2.29. The fourth-order valence-corrected chi connectivity index (χ4v) is 4.70. The molecule has 1 saturated heterocycles. The first kappa shape index (κ1) is 19.6. The second kappa shape index (κ2) is 6.66. The number of H-pyrrole nitrogens is 1. The highest BCUT2D eigenvalue weighted by molar-refractivity contribution is 7.90. The van der Waals surface area contributed by atoms with Crippen LogP contribution in [-0.2, 0) is 26.2 Å². The molecule has 12 nitrogen and oxygen atoms in total. The second-order valence-electron chi connectivity index (χ2n) is 6.86. The number of nitrogens with zero attached hydrogens (tertiary/aromatic N) is 2. The largest absolute Gasteiger partial charge is 0.393 e. The molecule has 2 aliphatic rings. The Balaban J connectivity index is 1.71. The number of piperidine rings is 1. The Morgan fingerprint density at radius 2 is 1.83 bits per heavy atom. The van der Waals surface area contributed by atoms with Gasteiger partial charge in [-0.3, -0.25) is 29.5 Å². The van der Waals surface area contributed by atoms with Gasteiger partial charge in [0.25, 0.3) is 21.5 Å². The average Bonchev–Trinajstić information content (AvgIpc) is 3.00. The molecule has 0 spiro atoms. The highest BCUT2D eigenvalue weighted by atomic mass is 32.2. The minimum absolute atomic E-state index is 0.0613. The maximum absolute atomic E-state index is 12.9. The van der Waals surface area contributed by atoms with Crippen LogP contribution in [0.1, 0.15) is 28.8 Å². The fourth-order valence-electron chi connectivity index (χ4n) is 3.45. The van der Waals surface area contributed by atoms with Crippen molar-refractivity contribution in [2.45, 2.75) is 30.3 Å². The smallest absolute Gasteiger partial charge is 0.342 e. The maximum Gasteiger partial charge on any atom is 0.342 e. The Hall–Kier alpha value is -3.74. The Labute approximate surface area is 168 Å². The van der Waals surface area contributed by atoms with Gasteiger partial charge in [-0.2, -0.15) is 3.97 Å². The first-order valence-electron chi connectivity index (χ1n) is 8.74. The molecule has 0 radical (unpaired) electrons. The van der Waals surface area contributed by atoms with Gasteiger partial charge in [0.1, 0.15) is 11.7 Å². The topological polar surface area (TPSA) is 181 Å². The first-order chi connectivity index (χ1) is 14.1. The molecule has 4 rings (SSSR count). The molecule has 3 amide bonds. The lowest BCUT2D eigenvalue weighted by Crippen LogP contribution is -2.52. The summed E-state index contributed by atoms with van der Waals surface area (Å²) in [4.78, 5) is 62.3. The van der Waals surface area contributed by atoms with E-state index < -0.39 is 50.7 Å². The number of amides is 3. The number of nitrogen functional groups attached to an aromatic ring is 1. The highest BCUT2D eigenvalue weighted by Gasteiger charge is 2.39. The number of carbonyl (C=O) groups excluding carboxylic acids is 3. The van der Waals surface area contributed by atoms with Gasteiger partial charge in [-0.25, -0.2) is 13.2 Å². The lowest BCUT2D eigenvalue weighted by Gasteiger charge is -2.29. The molecule has 1 aromatic carbocycles. The molecular formula is C17H15N5O7S. The van der Waals surface area contributed by atoms with Crippen molar-refractivity contribution in [1.82, 2.24) is 19.2 Å². The van der Waals surface area contributed by atoms with Gasteiger partial charge >= 0.3 is 5.69 Å². The molecule has 4 N–H and O–H groups in total. The Bertz CT molecular complexity index is 1340. The predicted molar refractivity (Wildman–Crippen MR) is 101 cm³/mol. The van der Waals surface area contributed by atoms with Crippen LogP contribution in [0.25, 0.3) is 0 Å². The summed E-state index contributed by atoms with van der Waals surface area (Å²) in [5.74, 6) is -1.57. The summed E-state index contributed by atoms with van der Waals surface area (Å²) in [5, 5.41) is 2.18. The van der Waals surface area contributed by atoms with E-state index in [1.807, 2.05) is 0 Å². The Morgan fingerprint density at radius 3 is 2.53 bits per heavy atom. The second-order valence-corrected chi connectivity index (χ2v) is 8.68. The van der Waals surface area contributed by atoms with Crippen molar-refractivity contribution in [2.75, 3.05) is 5.73 Å². The number of nitrogens with two attached hydrogens (primary N) is 1. The van der Waals surface area contributed by atoms with Gasteiger partial charge in [0.15, 0.2) is 0 Å². The molecule has 0 bridgehead atoms. The van der Waals surface area contributed by atoms with Crippen LogP contribution in [0, 0.1) is 0 Å². The summed E-state index contributed by atoms with van der Waals surface area (Å²) in [6, 6.07) is 2.88. The van der Waals surface area contributed by atoms with Crippen molar-refractivity contribution >= 4 is 33.4 Å². The van der Waals surface area contributed by atoms with Crippen molar-refractivity contribution in [3.05, 3.63) is 56.4 Å². The van der Waals surface area contributed by atoms with Crippen molar-refractivity contribution in [2.24, 2.45) is 0 Å². The van der Waals surface area contributed by atoms with Gasteiger partial charge in [-0.1, -0.05) is 6.07 Å². The van der Waals surface area contributed by atoms with E-state index in [-0.39, 0.29) is 33.8 Å². The van der Waals surface area contributed by atoms with Gasteiger partial charge in [0.2, 0.25) is 11.8 Å². The van der Waals surface area contributed by atoms with E-state index in [9.17, 15) is 32.4 Å².